The second-order valence-electron chi connectivity index (χ2n) is 5.86. The molecule has 1 amide bonds. The van der Waals surface area contributed by atoms with Crippen molar-refractivity contribution in [2.75, 3.05) is 25.3 Å². The van der Waals surface area contributed by atoms with Gasteiger partial charge in [0, 0.05) is 16.2 Å². The van der Waals surface area contributed by atoms with E-state index >= 15 is 0 Å². The lowest BCUT2D eigenvalue weighted by Gasteiger charge is -2.11. The summed E-state index contributed by atoms with van der Waals surface area (Å²) in [6.07, 6.45) is 1.55. The number of methoxy groups -OCH3 is 2. The van der Waals surface area contributed by atoms with Crippen LogP contribution < -0.4 is 14.8 Å². The van der Waals surface area contributed by atoms with E-state index in [1.54, 1.807) is 50.1 Å². The Labute approximate surface area is 169 Å². The normalized spacial score (nSPS) is 10.9. The molecular weight excluding hydrogens is 394 g/mol. The summed E-state index contributed by atoms with van der Waals surface area (Å²) in [4.78, 5) is 21.3. The average molecular weight is 412 g/mol. The molecule has 2 heterocycles. The Balaban J connectivity index is 1.53. The molecule has 1 N–H and O–H groups in total. The number of benzene rings is 2. The number of fused-ring (bicyclic) bond motifs is 3. The van der Waals surface area contributed by atoms with E-state index in [2.05, 4.69) is 27.4 Å². The molecular formula is C20H17N3O3S2. The van der Waals surface area contributed by atoms with Gasteiger partial charge < -0.3 is 14.8 Å². The lowest BCUT2D eigenvalue weighted by molar-refractivity contribution is -0.113. The fourth-order valence-electron chi connectivity index (χ4n) is 2.84. The second kappa shape index (κ2) is 8.04. The minimum absolute atomic E-state index is 0.149. The molecule has 0 fully saturated rings. The highest BCUT2D eigenvalue weighted by atomic mass is 32.2. The number of anilines is 1. The van der Waals surface area contributed by atoms with Crippen LogP contribution in [0.15, 0.2) is 53.8 Å². The number of aromatic nitrogens is 2. The number of thiophene rings is 1. The maximum atomic E-state index is 12.5. The SMILES string of the molecule is COc1ccc(OC)c(NC(=O)CSc2ncnc3c2sc2ccccc23)c1. The van der Waals surface area contributed by atoms with E-state index in [1.807, 2.05) is 12.1 Å². The van der Waals surface area contributed by atoms with Gasteiger partial charge in [-0.15, -0.1) is 11.3 Å². The molecule has 0 radical (unpaired) electrons. The molecule has 6 nitrogen and oxygen atoms in total. The summed E-state index contributed by atoms with van der Waals surface area (Å²) in [5.74, 6) is 1.30. The van der Waals surface area contributed by atoms with Crippen LogP contribution in [0.4, 0.5) is 5.69 Å². The van der Waals surface area contributed by atoms with Gasteiger partial charge in [-0.1, -0.05) is 30.0 Å². The molecule has 0 aliphatic carbocycles. The number of ether oxygens (including phenoxy) is 2. The third-order valence-corrected chi connectivity index (χ3v) is 6.43. The number of nitrogens with zero attached hydrogens (tertiary/aromatic N) is 2. The van der Waals surface area contributed by atoms with Gasteiger partial charge in [-0.25, -0.2) is 9.97 Å². The first-order valence-electron chi connectivity index (χ1n) is 8.46. The number of carbonyl (C=O) groups is 1. The first-order valence-corrected chi connectivity index (χ1v) is 10.3. The molecule has 0 bridgehead atoms. The Morgan fingerprint density at radius 1 is 1.14 bits per heavy atom. The molecule has 142 valence electrons. The molecule has 8 heteroatoms. The summed E-state index contributed by atoms with van der Waals surface area (Å²) in [6, 6.07) is 13.4. The molecule has 0 saturated heterocycles. The van der Waals surface area contributed by atoms with Gasteiger partial charge in [-0.3, -0.25) is 4.79 Å². The molecule has 0 aliphatic heterocycles. The van der Waals surface area contributed by atoms with Gasteiger partial charge in [-0.2, -0.15) is 0 Å². The van der Waals surface area contributed by atoms with E-state index in [1.165, 1.54) is 11.8 Å². The number of amides is 1. The van der Waals surface area contributed by atoms with E-state index < -0.39 is 0 Å². The zero-order chi connectivity index (χ0) is 19.5. The number of carbonyl (C=O) groups excluding carboxylic acids is 1. The van der Waals surface area contributed by atoms with Crippen molar-refractivity contribution in [2.24, 2.45) is 0 Å². The van der Waals surface area contributed by atoms with Gasteiger partial charge in [0.05, 0.1) is 35.9 Å². The summed E-state index contributed by atoms with van der Waals surface area (Å²) in [7, 11) is 3.14. The quantitative estimate of drug-likeness (QED) is 0.369. The van der Waals surface area contributed by atoms with Crippen LogP contribution in [-0.2, 0) is 4.79 Å². The Morgan fingerprint density at radius 2 is 2.00 bits per heavy atom. The summed E-state index contributed by atoms with van der Waals surface area (Å²) in [6.45, 7) is 0. The lowest BCUT2D eigenvalue weighted by Crippen LogP contribution is -2.15. The predicted molar refractivity (Wildman–Crippen MR) is 114 cm³/mol. The molecule has 0 saturated carbocycles. The minimum Gasteiger partial charge on any atom is -0.497 e. The predicted octanol–water partition coefficient (Wildman–Crippen LogP) is 4.59. The number of hydrogen-bond acceptors (Lipinski definition) is 7. The van der Waals surface area contributed by atoms with E-state index in [-0.39, 0.29) is 11.7 Å². The zero-order valence-corrected chi connectivity index (χ0v) is 16.9. The molecule has 2 aromatic carbocycles. The highest BCUT2D eigenvalue weighted by molar-refractivity contribution is 8.00. The third kappa shape index (κ3) is 3.61. The minimum atomic E-state index is -0.149. The second-order valence-corrected chi connectivity index (χ2v) is 7.87. The summed E-state index contributed by atoms with van der Waals surface area (Å²) in [5, 5.41) is 4.79. The maximum Gasteiger partial charge on any atom is 0.234 e. The van der Waals surface area contributed by atoms with Gasteiger partial charge in [0.2, 0.25) is 5.91 Å². The Bertz CT molecular complexity index is 1160. The van der Waals surface area contributed by atoms with Crippen molar-refractivity contribution in [1.82, 2.24) is 9.97 Å². The lowest BCUT2D eigenvalue weighted by atomic mass is 10.2. The average Bonchev–Trinajstić information content (AvgIpc) is 3.11. The highest BCUT2D eigenvalue weighted by Gasteiger charge is 2.14. The van der Waals surface area contributed by atoms with Crippen molar-refractivity contribution in [3.63, 3.8) is 0 Å². The van der Waals surface area contributed by atoms with Gasteiger partial charge in [-0.05, 0) is 18.2 Å². The smallest absolute Gasteiger partial charge is 0.234 e. The van der Waals surface area contributed by atoms with E-state index in [0.717, 1.165) is 25.3 Å². The first-order chi connectivity index (χ1) is 13.7. The Hall–Kier alpha value is -2.84. The fourth-order valence-corrected chi connectivity index (χ4v) is 4.87. The van der Waals surface area contributed by atoms with Crippen LogP contribution in [0.5, 0.6) is 11.5 Å². The molecule has 4 aromatic rings. The van der Waals surface area contributed by atoms with Crippen LogP contribution in [0.25, 0.3) is 20.3 Å². The number of rotatable bonds is 6. The molecule has 28 heavy (non-hydrogen) atoms. The topological polar surface area (TPSA) is 73.3 Å². The van der Waals surface area contributed by atoms with E-state index in [0.29, 0.717) is 17.2 Å². The van der Waals surface area contributed by atoms with Crippen molar-refractivity contribution in [3.8, 4) is 11.5 Å². The third-order valence-electron chi connectivity index (χ3n) is 4.15. The summed E-state index contributed by atoms with van der Waals surface area (Å²) >= 11 is 3.03. The summed E-state index contributed by atoms with van der Waals surface area (Å²) < 4.78 is 12.7. The number of hydrogen-bond donors (Lipinski definition) is 1. The van der Waals surface area contributed by atoms with Crippen LogP contribution in [0.1, 0.15) is 0 Å². The van der Waals surface area contributed by atoms with Crippen LogP contribution in [0.3, 0.4) is 0 Å². The van der Waals surface area contributed by atoms with Crippen LogP contribution in [0.2, 0.25) is 0 Å². The van der Waals surface area contributed by atoms with E-state index in [9.17, 15) is 4.79 Å². The van der Waals surface area contributed by atoms with Crippen molar-refractivity contribution in [1.29, 1.82) is 0 Å². The van der Waals surface area contributed by atoms with Crippen molar-refractivity contribution in [2.45, 2.75) is 5.03 Å². The largest absolute Gasteiger partial charge is 0.497 e. The van der Waals surface area contributed by atoms with Gasteiger partial charge >= 0.3 is 0 Å². The molecule has 0 aliphatic rings. The first kappa shape index (κ1) is 18.5. The van der Waals surface area contributed by atoms with Crippen LogP contribution >= 0.6 is 23.1 Å². The van der Waals surface area contributed by atoms with Crippen LogP contribution in [-0.4, -0.2) is 35.8 Å². The van der Waals surface area contributed by atoms with Gasteiger partial charge in [0.25, 0.3) is 0 Å². The van der Waals surface area contributed by atoms with Crippen molar-refractivity contribution in [3.05, 3.63) is 48.8 Å². The highest BCUT2D eigenvalue weighted by Crippen LogP contribution is 2.37. The Morgan fingerprint density at radius 3 is 2.82 bits per heavy atom. The standard InChI is InChI=1S/C20H17N3O3S2/c1-25-12-7-8-15(26-2)14(9-12)23-17(24)10-27-20-19-18(21-11-22-20)13-5-3-4-6-16(13)28-19/h3-9,11H,10H2,1-2H3,(H,23,24). The number of thioether (sulfide) groups is 1. The maximum absolute atomic E-state index is 12.5. The molecule has 0 unspecified atom stereocenters. The monoisotopic (exact) mass is 411 g/mol. The molecule has 2 aromatic heterocycles. The summed E-state index contributed by atoms with van der Waals surface area (Å²) in [5.41, 5.74) is 1.50. The number of nitrogens with one attached hydrogen (secondary N) is 1. The molecule has 4 rings (SSSR count). The molecule has 0 atom stereocenters. The van der Waals surface area contributed by atoms with Crippen LogP contribution in [0, 0.1) is 0 Å². The van der Waals surface area contributed by atoms with E-state index in [4.69, 9.17) is 9.47 Å². The van der Waals surface area contributed by atoms with Crippen molar-refractivity contribution >= 4 is 55.0 Å². The molecule has 0 spiro atoms. The van der Waals surface area contributed by atoms with Crippen molar-refractivity contribution < 1.29 is 14.3 Å². The van der Waals surface area contributed by atoms with Gasteiger partial charge in [0.15, 0.2) is 0 Å². The van der Waals surface area contributed by atoms with Gasteiger partial charge in [0.1, 0.15) is 22.9 Å². The zero-order valence-electron chi connectivity index (χ0n) is 15.3. The fraction of sp³-hybridized carbons (Fsp3) is 0.150. The Kier molecular flexibility index (Phi) is 5.31.